The Morgan fingerprint density at radius 2 is 2.11 bits per heavy atom. The monoisotopic (exact) mass is 247 g/mol. The van der Waals surface area contributed by atoms with Crippen molar-refractivity contribution in [2.24, 2.45) is 5.92 Å². The zero-order valence-corrected chi connectivity index (χ0v) is 12.1. The van der Waals surface area contributed by atoms with E-state index in [0.29, 0.717) is 5.92 Å². The van der Waals surface area contributed by atoms with E-state index in [2.05, 4.69) is 44.1 Å². The number of hydrogen-bond donors (Lipinski definition) is 1. The summed E-state index contributed by atoms with van der Waals surface area (Å²) in [5.41, 5.74) is 2.36. The molecular weight excluding hydrogens is 222 g/mol. The first-order chi connectivity index (χ1) is 8.45. The molecule has 3 heteroatoms. The quantitative estimate of drug-likeness (QED) is 0.873. The zero-order valence-electron chi connectivity index (χ0n) is 12.1. The van der Waals surface area contributed by atoms with Gasteiger partial charge in [0.15, 0.2) is 0 Å². The van der Waals surface area contributed by atoms with Crippen LogP contribution in [0, 0.1) is 12.8 Å². The molecule has 1 fully saturated rings. The summed E-state index contributed by atoms with van der Waals surface area (Å²) in [5.74, 6) is 1.72. The third-order valence-corrected chi connectivity index (χ3v) is 3.54. The summed E-state index contributed by atoms with van der Waals surface area (Å²) in [5, 5.41) is 3.46. The molecule has 1 aliphatic heterocycles. The Morgan fingerprint density at radius 1 is 1.33 bits per heavy atom. The van der Waals surface area contributed by atoms with Gasteiger partial charge in [-0.2, -0.15) is 0 Å². The molecule has 1 atom stereocenters. The normalized spacial score (nSPS) is 21.0. The highest BCUT2D eigenvalue weighted by Gasteiger charge is 2.19. The van der Waals surface area contributed by atoms with Crippen molar-refractivity contribution in [2.75, 3.05) is 13.1 Å². The van der Waals surface area contributed by atoms with Crippen LogP contribution in [0.25, 0.3) is 0 Å². The van der Waals surface area contributed by atoms with Crippen LogP contribution in [-0.4, -0.2) is 23.1 Å². The molecule has 2 rings (SSSR count). The van der Waals surface area contributed by atoms with Gasteiger partial charge in [0.05, 0.1) is 0 Å². The second-order valence-corrected chi connectivity index (χ2v) is 6.48. The van der Waals surface area contributed by atoms with E-state index in [1.807, 2.05) is 0 Å². The molecular formula is C15H25N3. The van der Waals surface area contributed by atoms with E-state index in [0.717, 1.165) is 30.2 Å². The highest BCUT2D eigenvalue weighted by Crippen LogP contribution is 2.22. The van der Waals surface area contributed by atoms with Gasteiger partial charge in [0.1, 0.15) is 5.82 Å². The van der Waals surface area contributed by atoms with Crippen LogP contribution >= 0.6 is 0 Å². The minimum atomic E-state index is 0.104. The van der Waals surface area contributed by atoms with Crippen LogP contribution in [0.2, 0.25) is 0 Å². The maximum Gasteiger partial charge on any atom is 0.129 e. The molecule has 100 valence electrons. The fraction of sp³-hybridized carbons (Fsp3) is 0.733. The summed E-state index contributed by atoms with van der Waals surface area (Å²) in [6.07, 6.45) is 3.59. The van der Waals surface area contributed by atoms with Crippen molar-refractivity contribution in [1.82, 2.24) is 15.3 Å². The van der Waals surface area contributed by atoms with Gasteiger partial charge in [-0.25, -0.2) is 9.97 Å². The molecule has 0 saturated carbocycles. The first-order valence-electron chi connectivity index (χ1n) is 7.01. The van der Waals surface area contributed by atoms with E-state index in [1.54, 1.807) is 0 Å². The van der Waals surface area contributed by atoms with Crippen LogP contribution in [0.5, 0.6) is 0 Å². The Kier molecular flexibility index (Phi) is 4.00. The maximum atomic E-state index is 4.76. The molecule has 1 unspecified atom stereocenters. The van der Waals surface area contributed by atoms with Crippen LogP contribution in [0.15, 0.2) is 6.07 Å². The molecule has 0 radical (unpaired) electrons. The van der Waals surface area contributed by atoms with E-state index in [4.69, 9.17) is 4.98 Å². The van der Waals surface area contributed by atoms with E-state index >= 15 is 0 Å². The van der Waals surface area contributed by atoms with Crippen molar-refractivity contribution < 1.29 is 0 Å². The lowest BCUT2D eigenvalue weighted by molar-refractivity contribution is 0.369. The Balaban J connectivity index is 2.14. The summed E-state index contributed by atoms with van der Waals surface area (Å²) >= 11 is 0. The predicted molar refractivity (Wildman–Crippen MR) is 74.8 cm³/mol. The number of aryl methyl sites for hydroxylation is 1. The highest BCUT2D eigenvalue weighted by molar-refractivity contribution is 5.17. The first kappa shape index (κ1) is 13.5. The molecule has 0 aliphatic carbocycles. The van der Waals surface area contributed by atoms with E-state index < -0.39 is 0 Å². The Morgan fingerprint density at radius 3 is 2.72 bits per heavy atom. The molecule has 1 saturated heterocycles. The molecule has 1 aliphatic rings. The molecule has 1 aromatic heterocycles. The van der Waals surface area contributed by atoms with Crippen molar-refractivity contribution in [1.29, 1.82) is 0 Å². The molecule has 0 spiro atoms. The molecule has 0 aromatic carbocycles. The number of piperidine rings is 1. The fourth-order valence-corrected chi connectivity index (χ4v) is 2.46. The lowest BCUT2D eigenvalue weighted by Gasteiger charge is -2.23. The molecule has 0 amide bonds. The van der Waals surface area contributed by atoms with Crippen molar-refractivity contribution in [3.63, 3.8) is 0 Å². The zero-order chi connectivity index (χ0) is 13.2. The summed E-state index contributed by atoms with van der Waals surface area (Å²) in [6, 6.07) is 2.11. The summed E-state index contributed by atoms with van der Waals surface area (Å²) < 4.78 is 0. The topological polar surface area (TPSA) is 37.8 Å². The van der Waals surface area contributed by atoms with E-state index in [-0.39, 0.29) is 5.41 Å². The maximum absolute atomic E-state index is 4.76. The lowest BCUT2D eigenvalue weighted by atomic mass is 9.91. The Labute approximate surface area is 110 Å². The Bertz CT molecular complexity index is 401. The van der Waals surface area contributed by atoms with Gasteiger partial charge in [-0.05, 0) is 44.8 Å². The molecule has 1 N–H and O–H groups in total. The van der Waals surface area contributed by atoms with Crippen LogP contribution in [0.4, 0.5) is 0 Å². The molecule has 3 nitrogen and oxygen atoms in total. The molecule has 0 bridgehead atoms. The smallest absolute Gasteiger partial charge is 0.129 e. The van der Waals surface area contributed by atoms with Gasteiger partial charge in [0.25, 0.3) is 0 Å². The van der Waals surface area contributed by atoms with Crippen LogP contribution in [0.3, 0.4) is 0 Å². The molecule has 1 aromatic rings. The highest BCUT2D eigenvalue weighted by atomic mass is 14.9. The summed E-state index contributed by atoms with van der Waals surface area (Å²) in [6.45, 7) is 11.0. The third-order valence-electron chi connectivity index (χ3n) is 3.54. The largest absolute Gasteiger partial charge is 0.316 e. The predicted octanol–water partition coefficient (Wildman–Crippen LogP) is 2.62. The fourth-order valence-electron chi connectivity index (χ4n) is 2.46. The Hall–Kier alpha value is -0.960. The molecule has 2 heterocycles. The average molecular weight is 247 g/mol. The minimum Gasteiger partial charge on any atom is -0.316 e. The number of rotatable bonds is 2. The first-order valence-corrected chi connectivity index (χ1v) is 7.01. The number of nitrogens with one attached hydrogen (secondary N) is 1. The van der Waals surface area contributed by atoms with E-state index in [9.17, 15) is 0 Å². The minimum absolute atomic E-state index is 0.104. The second kappa shape index (κ2) is 5.35. The summed E-state index contributed by atoms with van der Waals surface area (Å²) in [7, 11) is 0. The number of aromatic nitrogens is 2. The SMILES string of the molecule is Cc1cc(C(C)(C)C)nc(CC2CCCNC2)n1. The van der Waals surface area contributed by atoms with Crippen molar-refractivity contribution in [3.05, 3.63) is 23.3 Å². The van der Waals surface area contributed by atoms with Gasteiger partial charge in [-0.1, -0.05) is 20.8 Å². The number of hydrogen-bond acceptors (Lipinski definition) is 3. The third kappa shape index (κ3) is 3.52. The van der Waals surface area contributed by atoms with Gasteiger partial charge in [-0.15, -0.1) is 0 Å². The molecule has 18 heavy (non-hydrogen) atoms. The van der Waals surface area contributed by atoms with Gasteiger partial charge in [-0.3, -0.25) is 0 Å². The van der Waals surface area contributed by atoms with Crippen molar-refractivity contribution in [2.45, 2.75) is 52.4 Å². The van der Waals surface area contributed by atoms with Crippen LogP contribution in [-0.2, 0) is 11.8 Å². The van der Waals surface area contributed by atoms with Crippen molar-refractivity contribution >= 4 is 0 Å². The number of nitrogens with zero attached hydrogens (tertiary/aromatic N) is 2. The lowest BCUT2D eigenvalue weighted by Crippen LogP contribution is -2.31. The average Bonchev–Trinajstić information content (AvgIpc) is 2.28. The van der Waals surface area contributed by atoms with Gasteiger partial charge in [0.2, 0.25) is 0 Å². The standard InChI is InChI=1S/C15H25N3/c1-11-8-13(15(2,3)4)18-14(17-11)9-12-6-5-7-16-10-12/h8,12,16H,5-7,9-10H2,1-4H3. The van der Waals surface area contributed by atoms with Gasteiger partial charge < -0.3 is 5.32 Å². The second-order valence-electron chi connectivity index (χ2n) is 6.48. The van der Waals surface area contributed by atoms with Gasteiger partial charge >= 0.3 is 0 Å². The van der Waals surface area contributed by atoms with Gasteiger partial charge in [0, 0.05) is 23.2 Å². The van der Waals surface area contributed by atoms with Crippen LogP contribution in [0.1, 0.15) is 50.8 Å². The summed E-state index contributed by atoms with van der Waals surface area (Å²) in [4.78, 5) is 9.36. The van der Waals surface area contributed by atoms with Crippen molar-refractivity contribution in [3.8, 4) is 0 Å². The van der Waals surface area contributed by atoms with E-state index in [1.165, 1.54) is 19.4 Å². The van der Waals surface area contributed by atoms with Crippen LogP contribution < -0.4 is 5.32 Å².